The normalized spacial score (nSPS) is 36.3. The van der Waals surface area contributed by atoms with E-state index in [1.807, 2.05) is 36.4 Å². The predicted molar refractivity (Wildman–Crippen MR) is 225 cm³/mol. The number of hydrogen-bond acceptors (Lipinski definition) is 10. The molecule has 6 rings (SSSR count). The van der Waals surface area contributed by atoms with Gasteiger partial charge in [0.05, 0.1) is 50.6 Å². The summed E-state index contributed by atoms with van der Waals surface area (Å²) < 4.78 is 56.8. The van der Waals surface area contributed by atoms with Crippen molar-refractivity contribution in [3.05, 3.63) is 47.5 Å². The molecule has 0 saturated heterocycles. The quantitative estimate of drug-likeness (QED) is 0.123. The third-order valence-corrected chi connectivity index (χ3v) is 17.9. The van der Waals surface area contributed by atoms with E-state index in [9.17, 15) is 22.8 Å². The number of allylic oxidation sites excluding steroid dienone is 2. The van der Waals surface area contributed by atoms with Crippen LogP contribution in [0.4, 0.5) is 0 Å². The van der Waals surface area contributed by atoms with Crippen molar-refractivity contribution >= 4 is 27.7 Å². The van der Waals surface area contributed by atoms with Crippen LogP contribution in [0.3, 0.4) is 0 Å². The zero-order chi connectivity index (χ0) is 42.9. The van der Waals surface area contributed by atoms with E-state index in [1.54, 1.807) is 7.11 Å². The van der Waals surface area contributed by atoms with Gasteiger partial charge in [-0.15, -0.1) is 0 Å². The molecule has 1 aromatic rings. The topological polar surface area (TPSA) is 144 Å². The minimum atomic E-state index is -3.80. The molecule has 1 unspecified atom stereocenters. The number of carbonyl (C=O) groups is 3. The summed E-state index contributed by atoms with van der Waals surface area (Å²) in [5, 5.41) is 0. The first kappa shape index (κ1) is 45.9. The fraction of sp³-hybridized carbons (Fsp3) is 0.766. The predicted octanol–water partition coefficient (Wildman–Crippen LogP) is 7.61. The van der Waals surface area contributed by atoms with Crippen molar-refractivity contribution in [1.29, 1.82) is 0 Å². The average molecular weight is 842 g/mol. The Balaban J connectivity index is 1.11. The highest BCUT2D eigenvalue weighted by atomic mass is 32.2. The first-order valence-corrected chi connectivity index (χ1v) is 23.7. The van der Waals surface area contributed by atoms with E-state index < -0.39 is 26.8 Å². The molecule has 4 saturated carbocycles. The van der Waals surface area contributed by atoms with Gasteiger partial charge in [-0.2, -0.15) is 0 Å². The third kappa shape index (κ3) is 9.00. The van der Waals surface area contributed by atoms with E-state index in [0.29, 0.717) is 39.3 Å². The van der Waals surface area contributed by atoms with Gasteiger partial charge in [0.2, 0.25) is 10.0 Å². The molecule has 0 spiro atoms. The summed E-state index contributed by atoms with van der Waals surface area (Å²) in [4.78, 5) is 41.2. The number of rotatable bonds is 17. The van der Waals surface area contributed by atoms with Gasteiger partial charge in [0.15, 0.2) is 5.78 Å². The molecule has 0 heterocycles. The number of hydrogen-bond donors (Lipinski definition) is 1. The van der Waals surface area contributed by atoms with Crippen LogP contribution >= 0.6 is 0 Å². The zero-order valence-corrected chi connectivity index (χ0v) is 37.8. The average Bonchev–Trinajstić information content (AvgIpc) is 3.18. The molecule has 5 aliphatic carbocycles. The van der Waals surface area contributed by atoms with E-state index >= 15 is 0 Å². The van der Waals surface area contributed by atoms with Gasteiger partial charge in [-0.05, 0) is 115 Å². The fourth-order valence-electron chi connectivity index (χ4n) is 12.7. The first-order chi connectivity index (χ1) is 27.7. The van der Waals surface area contributed by atoms with Crippen LogP contribution in [0.5, 0.6) is 0 Å². The summed E-state index contributed by atoms with van der Waals surface area (Å²) in [6.45, 7) is 18.1. The second-order valence-corrected chi connectivity index (χ2v) is 22.2. The van der Waals surface area contributed by atoms with Crippen LogP contribution in [0.25, 0.3) is 0 Å². The summed E-state index contributed by atoms with van der Waals surface area (Å²) in [6.07, 6.45) is 9.31. The van der Waals surface area contributed by atoms with Crippen LogP contribution in [0.1, 0.15) is 118 Å². The molecular formula is C47H71NO10S. The van der Waals surface area contributed by atoms with Crippen molar-refractivity contribution in [2.75, 3.05) is 52.5 Å². The number of carbonyl (C=O) groups excluding carboxylic acids is 3. The smallest absolute Gasteiger partial charge is 0.312 e. The molecule has 9 atom stereocenters. The van der Waals surface area contributed by atoms with Crippen LogP contribution in [0, 0.1) is 50.2 Å². The number of sulfonamides is 1. The van der Waals surface area contributed by atoms with Crippen molar-refractivity contribution in [1.82, 2.24) is 4.72 Å². The van der Waals surface area contributed by atoms with Crippen molar-refractivity contribution in [2.24, 2.45) is 50.2 Å². The number of ether oxygens (including phenoxy) is 5. The Hall–Kier alpha value is -2.64. The van der Waals surface area contributed by atoms with Crippen molar-refractivity contribution in [3.8, 4) is 0 Å². The van der Waals surface area contributed by atoms with Crippen molar-refractivity contribution < 1.29 is 46.5 Å². The molecule has 0 radical (unpaired) electrons. The maximum atomic E-state index is 14.9. The fourth-order valence-corrected chi connectivity index (χ4v) is 14.1. The van der Waals surface area contributed by atoms with Gasteiger partial charge in [-0.1, -0.05) is 77.4 Å². The van der Waals surface area contributed by atoms with Gasteiger partial charge < -0.3 is 23.7 Å². The largest absolute Gasteiger partial charge is 0.463 e. The Morgan fingerprint density at radius 1 is 0.797 bits per heavy atom. The molecule has 59 heavy (non-hydrogen) atoms. The second-order valence-electron chi connectivity index (χ2n) is 20.4. The number of benzene rings is 1. The van der Waals surface area contributed by atoms with E-state index in [2.05, 4.69) is 53.2 Å². The van der Waals surface area contributed by atoms with E-state index in [4.69, 9.17) is 23.7 Å². The number of methoxy groups -OCH3 is 1. The second kappa shape index (κ2) is 17.6. The summed E-state index contributed by atoms with van der Waals surface area (Å²) in [5.41, 5.74) is 0.339. The van der Waals surface area contributed by atoms with Crippen LogP contribution in [0.2, 0.25) is 0 Å². The molecule has 0 aromatic heterocycles. The van der Waals surface area contributed by atoms with Gasteiger partial charge in [-0.3, -0.25) is 14.4 Å². The summed E-state index contributed by atoms with van der Waals surface area (Å²) in [6, 6.07) is 9.49. The molecule has 1 N–H and O–H groups in total. The number of nitrogens with one attached hydrogen (secondary N) is 1. The highest BCUT2D eigenvalue weighted by molar-refractivity contribution is 7.89. The SMILES string of the molecule is COCCOCCOCCOC(=O)CCS(=O)(=O)N[C@H]1CC[C@]2(C)[C@H]3C(=O)C=C4[C@@H]5C[C@@](C)(C(=O)OCc6ccccc6)CCC5(C)CC[C@@]4(C)[C@]3(C)CC[C@H]2C1(C)C. The molecule has 330 valence electrons. The lowest BCUT2D eigenvalue weighted by molar-refractivity contribution is -0.189. The van der Waals surface area contributed by atoms with Gasteiger partial charge in [0.1, 0.15) is 13.2 Å². The number of ketones is 1. The highest BCUT2D eigenvalue weighted by Crippen LogP contribution is 2.75. The van der Waals surface area contributed by atoms with E-state index in [-0.39, 0.29) is 89.2 Å². The summed E-state index contributed by atoms with van der Waals surface area (Å²) >= 11 is 0. The van der Waals surface area contributed by atoms with Gasteiger partial charge in [0, 0.05) is 19.1 Å². The minimum Gasteiger partial charge on any atom is -0.463 e. The van der Waals surface area contributed by atoms with Crippen molar-refractivity contribution in [2.45, 2.75) is 125 Å². The molecule has 5 aliphatic rings. The highest BCUT2D eigenvalue weighted by Gasteiger charge is 2.70. The Morgan fingerprint density at radius 3 is 2.15 bits per heavy atom. The van der Waals surface area contributed by atoms with Crippen LogP contribution in [0.15, 0.2) is 42.0 Å². The molecule has 11 nitrogen and oxygen atoms in total. The minimum absolute atomic E-state index is 0.0113. The Labute approximate surface area is 353 Å². The van der Waals surface area contributed by atoms with Gasteiger partial charge >= 0.3 is 11.9 Å². The Kier molecular flexibility index (Phi) is 13.7. The molecule has 4 fully saturated rings. The van der Waals surface area contributed by atoms with E-state index in [0.717, 1.165) is 50.5 Å². The lowest BCUT2D eigenvalue weighted by Gasteiger charge is -2.70. The first-order valence-electron chi connectivity index (χ1n) is 22.0. The van der Waals surface area contributed by atoms with Crippen LogP contribution < -0.4 is 4.72 Å². The lowest BCUT2D eigenvalue weighted by Crippen LogP contribution is -2.67. The third-order valence-electron chi connectivity index (χ3n) is 16.5. The Morgan fingerprint density at radius 2 is 1.46 bits per heavy atom. The van der Waals surface area contributed by atoms with Crippen LogP contribution in [-0.2, 0) is 54.7 Å². The Bertz CT molecular complexity index is 1830. The lowest BCUT2D eigenvalue weighted by atomic mass is 9.33. The molecule has 12 heteroatoms. The van der Waals surface area contributed by atoms with Crippen molar-refractivity contribution in [3.63, 3.8) is 0 Å². The molecule has 0 bridgehead atoms. The standard InChI is InChI=1S/C47H71NO10S/c1-42(2)37-14-18-47(7)40(45(37,5)17-15-38(42)48-59(52,53)29-16-39(50)57-28-27-56-26-25-55-24-23-54-8)36(49)30-34-35-31-44(4,20-19-43(35,3)21-22-46(34,47)6)41(51)58-32-33-12-10-9-11-13-33/h9-13,30,35,37-38,40,48H,14-29,31-32H2,1-8H3/t35-,37-,38-,40+,43?,44-,45-,46+,47+/m0/s1. The number of fused-ring (bicyclic) bond motifs is 7. The van der Waals surface area contributed by atoms with Gasteiger partial charge in [-0.25, -0.2) is 13.1 Å². The summed E-state index contributed by atoms with van der Waals surface area (Å²) in [7, 11) is -2.19. The molecular weight excluding hydrogens is 771 g/mol. The molecule has 0 aliphatic heterocycles. The summed E-state index contributed by atoms with van der Waals surface area (Å²) in [5.74, 6) is -0.871. The van der Waals surface area contributed by atoms with Gasteiger partial charge in [0.25, 0.3) is 0 Å². The monoisotopic (exact) mass is 841 g/mol. The molecule has 0 amide bonds. The number of esters is 2. The molecule has 1 aromatic carbocycles. The maximum absolute atomic E-state index is 14.9. The zero-order valence-electron chi connectivity index (χ0n) is 37.0. The maximum Gasteiger partial charge on any atom is 0.312 e. The van der Waals surface area contributed by atoms with Crippen LogP contribution in [-0.4, -0.2) is 84.7 Å². The van der Waals surface area contributed by atoms with E-state index in [1.165, 1.54) is 5.57 Å².